The Kier molecular flexibility index (Phi) is 3.44. The van der Waals surface area contributed by atoms with Crippen LogP contribution in [0.15, 0.2) is 30.3 Å². The van der Waals surface area contributed by atoms with E-state index in [4.69, 9.17) is 0 Å². The summed E-state index contributed by atoms with van der Waals surface area (Å²) in [5.74, 6) is -0.0689. The highest BCUT2D eigenvalue weighted by Gasteiger charge is 2.52. The zero-order valence-electron chi connectivity index (χ0n) is 11.4. The summed E-state index contributed by atoms with van der Waals surface area (Å²) in [4.78, 5) is 25.7. The van der Waals surface area contributed by atoms with Crippen LogP contribution < -0.4 is 10.6 Å². The van der Waals surface area contributed by atoms with Crippen molar-refractivity contribution in [3.63, 3.8) is 0 Å². The molecule has 1 atom stereocenters. The van der Waals surface area contributed by atoms with Gasteiger partial charge in [-0.3, -0.25) is 9.69 Å². The number of carbonyl (C=O) groups is 2. The number of hydrogen-bond donors (Lipinski definition) is 2. The van der Waals surface area contributed by atoms with Crippen molar-refractivity contribution >= 4 is 11.9 Å². The third kappa shape index (κ3) is 2.29. The topological polar surface area (TPSA) is 61.4 Å². The van der Waals surface area contributed by atoms with Crippen LogP contribution in [0.5, 0.6) is 0 Å². The highest BCUT2D eigenvalue weighted by atomic mass is 16.2. The summed E-state index contributed by atoms with van der Waals surface area (Å²) < 4.78 is 0. The number of benzene rings is 1. The molecule has 5 heteroatoms. The molecular weight excluding hydrogens is 254 g/mol. The lowest BCUT2D eigenvalue weighted by Gasteiger charge is -2.19. The molecule has 2 N–H and O–H groups in total. The maximum atomic E-state index is 12.4. The van der Waals surface area contributed by atoms with Crippen LogP contribution >= 0.6 is 0 Å². The van der Waals surface area contributed by atoms with Crippen LogP contribution in [0.2, 0.25) is 0 Å². The number of rotatable bonds is 4. The third-order valence-electron chi connectivity index (χ3n) is 4.09. The van der Waals surface area contributed by atoms with Crippen molar-refractivity contribution in [1.82, 2.24) is 15.5 Å². The van der Waals surface area contributed by atoms with Crippen molar-refractivity contribution in [1.29, 1.82) is 0 Å². The van der Waals surface area contributed by atoms with E-state index in [1.54, 1.807) is 0 Å². The minimum Gasteiger partial charge on any atom is -0.322 e. The van der Waals surface area contributed by atoms with Crippen molar-refractivity contribution < 1.29 is 9.59 Å². The molecule has 2 aliphatic rings. The number of urea groups is 1. The van der Waals surface area contributed by atoms with Crippen molar-refractivity contribution in [2.45, 2.75) is 24.8 Å². The standard InChI is InChI=1S/C15H19N3O2/c19-13-15(8-9-16-11-15)17-14(20)18(13)10-4-7-12-5-2-1-3-6-12/h1-3,5-6,16H,4,7-11H2,(H,17,20). The molecular formula is C15H19N3O2. The van der Waals surface area contributed by atoms with Gasteiger partial charge in [-0.2, -0.15) is 0 Å². The van der Waals surface area contributed by atoms with E-state index in [1.807, 2.05) is 18.2 Å². The fraction of sp³-hybridized carbons (Fsp3) is 0.467. The normalized spacial score (nSPS) is 25.5. The van der Waals surface area contributed by atoms with Gasteiger partial charge in [-0.25, -0.2) is 4.79 Å². The summed E-state index contributed by atoms with van der Waals surface area (Å²) in [6.07, 6.45) is 2.36. The molecule has 1 aromatic rings. The molecule has 2 aliphatic heterocycles. The smallest absolute Gasteiger partial charge is 0.322 e. The number of carbonyl (C=O) groups excluding carboxylic acids is 2. The zero-order valence-corrected chi connectivity index (χ0v) is 11.4. The van der Waals surface area contributed by atoms with Gasteiger partial charge in [0, 0.05) is 13.1 Å². The quantitative estimate of drug-likeness (QED) is 0.801. The molecule has 1 unspecified atom stereocenters. The zero-order chi connectivity index (χ0) is 14.0. The Labute approximate surface area is 118 Å². The van der Waals surface area contributed by atoms with Gasteiger partial charge >= 0.3 is 6.03 Å². The summed E-state index contributed by atoms with van der Waals surface area (Å²) in [5, 5.41) is 6.00. The van der Waals surface area contributed by atoms with E-state index < -0.39 is 5.54 Å². The first-order valence-corrected chi connectivity index (χ1v) is 7.10. The number of amides is 3. The minimum absolute atomic E-state index is 0.0689. The van der Waals surface area contributed by atoms with Crippen LogP contribution in [0.1, 0.15) is 18.4 Å². The number of nitrogens with one attached hydrogen (secondary N) is 2. The van der Waals surface area contributed by atoms with E-state index in [1.165, 1.54) is 10.5 Å². The summed E-state index contributed by atoms with van der Waals surface area (Å²) in [5.41, 5.74) is 0.556. The Morgan fingerprint density at radius 3 is 2.70 bits per heavy atom. The fourth-order valence-corrected chi connectivity index (χ4v) is 2.95. The maximum Gasteiger partial charge on any atom is 0.325 e. The lowest BCUT2D eigenvalue weighted by atomic mass is 9.99. The molecule has 0 bridgehead atoms. The lowest BCUT2D eigenvalue weighted by Crippen LogP contribution is -2.48. The first-order valence-electron chi connectivity index (χ1n) is 7.10. The van der Waals surface area contributed by atoms with Gasteiger partial charge in [0.15, 0.2) is 0 Å². The predicted octanol–water partition coefficient (Wildman–Crippen LogP) is 0.903. The largest absolute Gasteiger partial charge is 0.325 e. The van der Waals surface area contributed by atoms with Gasteiger partial charge < -0.3 is 10.6 Å². The van der Waals surface area contributed by atoms with Gasteiger partial charge in [0.25, 0.3) is 5.91 Å². The molecule has 106 valence electrons. The van der Waals surface area contributed by atoms with Crippen molar-refractivity contribution in [2.75, 3.05) is 19.6 Å². The van der Waals surface area contributed by atoms with Crippen molar-refractivity contribution in [2.24, 2.45) is 0 Å². The predicted molar refractivity (Wildman–Crippen MR) is 75.2 cm³/mol. The third-order valence-corrected chi connectivity index (χ3v) is 4.09. The Morgan fingerprint density at radius 1 is 1.20 bits per heavy atom. The Hall–Kier alpha value is -1.88. The monoisotopic (exact) mass is 273 g/mol. The summed E-state index contributed by atoms with van der Waals surface area (Å²) in [6.45, 7) is 1.82. The first kappa shape index (κ1) is 13.1. The van der Waals surface area contributed by atoms with E-state index in [0.717, 1.165) is 19.4 Å². The Balaban J connectivity index is 1.58. The van der Waals surface area contributed by atoms with E-state index in [9.17, 15) is 9.59 Å². The lowest BCUT2D eigenvalue weighted by molar-refractivity contribution is -0.130. The molecule has 0 aromatic heterocycles. The molecule has 3 rings (SSSR count). The highest BCUT2D eigenvalue weighted by molar-refractivity contribution is 6.07. The van der Waals surface area contributed by atoms with Crippen LogP contribution in [-0.2, 0) is 11.2 Å². The summed E-state index contributed by atoms with van der Waals surface area (Å²) in [6, 6.07) is 9.87. The van der Waals surface area contributed by atoms with Crippen LogP contribution in [0.3, 0.4) is 0 Å². The molecule has 0 saturated carbocycles. The average Bonchev–Trinajstić information content (AvgIpc) is 3.01. The van der Waals surface area contributed by atoms with Gasteiger partial charge in [0.1, 0.15) is 5.54 Å². The molecule has 0 aliphatic carbocycles. The highest BCUT2D eigenvalue weighted by Crippen LogP contribution is 2.24. The van der Waals surface area contributed by atoms with Gasteiger partial charge in [-0.1, -0.05) is 30.3 Å². The number of aryl methyl sites for hydroxylation is 1. The van der Waals surface area contributed by atoms with E-state index in [-0.39, 0.29) is 11.9 Å². The molecule has 1 aromatic carbocycles. The second-order valence-corrected chi connectivity index (χ2v) is 5.48. The number of nitrogens with zero attached hydrogens (tertiary/aromatic N) is 1. The number of hydrogen-bond acceptors (Lipinski definition) is 3. The molecule has 2 saturated heterocycles. The maximum absolute atomic E-state index is 12.4. The van der Waals surface area contributed by atoms with Crippen LogP contribution in [0.25, 0.3) is 0 Å². The average molecular weight is 273 g/mol. The van der Waals surface area contributed by atoms with E-state index in [2.05, 4.69) is 22.8 Å². The molecule has 1 spiro atoms. The molecule has 5 nitrogen and oxygen atoms in total. The van der Waals surface area contributed by atoms with Crippen LogP contribution in [0.4, 0.5) is 4.79 Å². The second kappa shape index (κ2) is 5.25. The van der Waals surface area contributed by atoms with Gasteiger partial charge in [-0.05, 0) is 31.4 Å². The van der Waals surface area contributed by atoms with Gasteiger partial charge in [-0.15, -0.1) is 0 Å². The van der Waals surface area contributed by atoms with E-state index >= 15 is 0 Å². The van der Waals surface area contributed by atoms with E-state index in [0.29, 0.717) is 19.5 Å². The Morgan fingerprint density at radius 2 is 2.00 bits per heavy atom. The molecule has 3 amide bonds. The van der Waals surface area contributed by atoms with Gasteiger partial charge in [0.05, 0.1) is 0 Å². The second-order valence-electron chi connectivity index (χ2n) is 5.48. The minimum atomic E-state index is -0.677. The molecule has 20 heavy (non-hydrogen) atoms. The Bertz CT molecular complexity index is 509. The molecule has 2 fully saturated rings. The molecule has 0 radical (unpaired) electrons. The number of imide groups is 1. The fourth-order valence-electron chi connectivity index (χ4n) is 2.95. The SMILES string of the molecule is O=C1NC2(CCNC2)C(=O)N1CCCc1ccccc1. The van der Waals surface area contributed by atoms with Crippen molar-refractivity contribution in [3.05, 3.63) is 35.9 Å². The van der Waals surface area contributed by atoms with Crippen molar-refractivity contribution in [3.8, 4) is 0 Å². The van der Waals surface area contributed by atoms with Gasteiger partial charge in [0.2, 0.25) is 0 Å². The van der Waals surface area contributed by atoms with Crippen LogP contribution in [0, 0.1) is 0 Å². The first-order chi connectivity index (χ1) is 9.71. The summed E-state index contributed by atoms with van der Waals surface area (Å²) >= 11 is 0. The molecule has 2 heterocycles. The summed E-state index contributed by atoms with van der Waals surface area (Å²) in [7, 11) is 0. The van der Waals surface area contributed by atoms with Crippen LogP contribution in [-0.4, -0.2) is 42.0 Å².